The fraction of sp³-hybridized carbons (Fsp3) is 0.667. The third-order valence-electron chi connectivity index (χ3n) is 4.36. The maximum atomic E-state index is 13.9. The molecule has 1 aromatic carbocycles. The number of aryl methyl sites for hydroxylation is 1. The maximum absolute atomic E-state index is 13.9. The van der Waals surface area contributed by atoms with E-state index in [4.69, 9.17) is 4.74 Å². The number of nitrogens with one attached hydrogen (secondary N) is 1. The summed E-state index contributed by atoms with van der Waals surface area (Å²) in [4.78, 5) is 0. The van der Waals surface area contributed by atoms with Crippen molar-refractivity contribution in [3.8, 4) is 5.75 Å². The molecule has 0 radical (unpaired) electrons. The van der Waals surface area contributed by atoms with Crippen molar-refractivity contribution in [2.24, 2.45) is 0 Å². The molecule has 1 aromatic rings. The Bertz CT molecular complexity index is 453. The Hall–Kier alpha value is -1.09. The highest BCUT2D eigenvalue weighted by Crippen LogP contribution is 2.31. The summed E-state index contributed by atoms with van der Waals surface area (Å²) < 4.78 is 20.2. The van der Waals surface area contributed by atoms with Crippen LogP contribution < -0.4 is 10.1 Å². The van der Waals surface area contributed by atoms with Gasteiger partial charge in [0.1, 0.15) is 11.6 Å². The first kappa shape index (κ1) is 16.3. The summed E-state index contributed by atoms with van der Waals surface area (Å²) in [6, 6.07) is 3.60. The zero-order valence-electron chi connectivity index (χ0n) is 13.5. The largest absolute Gasteiger partial charge is 0.490 e. The fourth-order valence-electron chi connectivity index (χ4n) is 3.07. The molecule has 0 spiro atoms. The fourth-order valence-corrected chi connectivity index (χ4v) is 3.07. The van der Waals surface area contributed by atoms with E-state index >= 15 is 0 Å². The molecule has 0 saturated heterocycles. The lowest BCUT2D eigenvalue weighted by Crippen LogP contribution is -2.21. The van der Waals surface area contributed by atoms with Crippen LogP contribution in [-0.2, 0) is 0 Å². The molecule has 1 aliphatic rings. The van der Waals surface area contributed by atoms with E-state index in [1.807, 2.05) is 6.07 Å². The second-order valence-electron chi connectivity index (χ2n) is 6.15. The van der Waals surface area contributed by atoms with Crippen LogP contribution in [0.15, 0.2) is 12.1 Å². The highest BCUT2D eigenvalue weighted by atomic mass is 19.1. The third kappa shape index (κ3) is 4.44. The summed E-state index contributed by atoms with van der Waals surface area (Å²) in [7, 11) is 0. The van der Waals surface area contributed by atoms with Crippen molar-refractivity contribution >= 4 is 0 Å². The van der Waals surface area contributed by atoms with Gasteiger partial charge >= 0.3 is 0 Å². The summed E-state index contributed by atoms with van der Waals surface area (Å²) in [5.41, 5.74) is 1.59. The number of rotatable bonds is 5. The Morgan fingerprint density at radius 3 is 2.52 bits per heavy atom. The van der Waals surface area contributed by atoms with E-state index in [1.165, 1.54) is 25.7 Å². The zero-order valence-corrected chi connectivity index (χ0v) is 13.5. The van der Waals surface area contributed by atoms with Crippen molar-refractivity contribution in [3.05, 3.63) is 29.1 Å². The van der Waals surface area contributed by atoms with Gasteiger partial charge in [-0.2, -0.15) is 0 Å². The molecule has 0 aromatic heterocycles. The van der Waals surface area contributed by atoms with E-state index in [0.717, 1.165) is 30.7 Å². The molecule has 21 heavy (non-hydrogen) atoms. The van der Waals surface area contributed by atoms with Crippen LogP contribution in [0.5, 0.6) is 5.75 Å². The van der Waals surface area contributed by atoms with Crippen molar-refractivity contribution in [1.82, 2.24) is 5.32 Å². The van der Waals surface area contributed by atoms with Crippen molar-refractivity contribution in [3.63, 3.8) is 0 Å². The molecule has 2 rings (SSSR count). The molecule has 1 fully saturated rings. The van der Waals surface area contributed by atoms with Crippen LogP contribution >= 0.6 is 0 Å². The number of ether oxygens (including phenoxy) is 1. The Morgan fingerprint density at radius 1 is 1.24 bits per heavy atom. The summed E-state index contributed by atoms with van der Waals surface area (Å²) >= 11 is 0. The quantitative estimate of drug-likeness (QED) is 0.779. The maximum Gasteiger partial charge on any atom is 0.126 e. The smallest absolute Gasteiger partial charge is 0.126 e. The van der Waals surface area contributed by atoms with Gasteiger partial charge in [-0.05, 0) is 63.8 Å². The normalized spacial score (nSPS) is 18.3. The standard InChI is InChI=1S/C18H28FNO/c1-4-20-14(3)16-12-17(19)13(2)11-18(16)21-15-9-7-5-6-8-10-15/h11-12,14-15,20H,4-10H2,1-3H3. The zero-order chi connectivity index (χ0) is 15.2. The number of halogens is 1. The Balaban J connectivity index is 2.21. The van der Waals surface area contributed by atoms with Crippen LogP contribution in [0.1, 0.15) is 69.5 Å². The first-order chi connectivity index (χ1) is 10.1. The van der Waals surface area contributed by atoms with E-state index in [-0.39, 0.29) is 18.0 Å². The van der Waals surface area contributed by atoms with Gasteiger partial charge in [-0.15, -0.1) is 0 Å². The van der Waals surface area contributed by atoms with Gasteiger partial charge in [-0.3, -0.25) is 0 Å². The lowest BCUT2D eigenvalue weighted by molar-refractivity contribution is 0.180. The van der Waals surface area contributed by atoms with Crippen LogP contribution in [0.25, 0.3) is 0 Å². The highest BCUT2D eigenvalue weighted by Gasteiger charge is 2.19. The van der Waals surface area contributed by atoms with Gasteiger partial charge in [0.25, 0.3) is 0 Å². The second kappa shape index (κ2) is 7.79. The molecule has 0 heterocycles. The second-order valence-corrected chi connectivity index (χ2v) is 6.15. The van der Waals surface area contributed by atoms with Crippen molar-refractivity contribution in [2.45, 2.75) is 71.4 Å². The van der Waals surface area contributed by atoms with Crippen LogP contribution in [0.4, 0.5) is 4.39 Å². The molecule has 0 bridgehead atoms. The van der Waals surface area contributed by atoms with E-state index in [9.17, 15) is 4.39 Å². The predicted molar refractivity (Wildman–Crippen MR) is 85.3 cm³/mol. The molecular formula is C18H28FNO. The van der Waals surface area contributed by atoms with E-state index in [0.29, 0.717) is 5.56 Å². The van der Waals surface area contributed by atoms with E-state index in [2.05, 4.69) is 19.2 Å². The number of benzene rings is 1. The average Bonchev–Trinajstić information content (AvgIpc) is 2.71. The molecule has 0 amide bonds. The summed E-state index contributed by atoms with van der Waals surface area (Å²) in [5, 5.41) is 3.35. The SMILES string of the molecule is CCNC(C)c1cc(F)c(C)cc1OC1CCCCCC1. The lowest BCUT2D eigenvalue weighted by atomic mass is 10.0. The van der Waals surface area contributed by atoms with Crippen LogP contribution in [0.3, 0.4) is 0 Å². The van der Waals surface area contributed by atoms with Gasteiger partial charge in [0.2, 0.25) is 0 Å². The van der Waals surface area contributed by atoms with Gasteiger partial charge in [-0.25, -0.2) is 4.39 Å². The Kier molecular flexibility index (Phi) is 6.04. The predicted octanol–water partition coefficient (Wildman–Crippen LogP) is 4.91. The minimum atomic E-state index is -0.150. The van der Waals surface area contributed by atoms with Crippen molar-refractivity contribution in [1.29, 1.82) is 0 Å². The third-order valence-corrected chi connectivity index (χ3v) is 4.36. The van der Waals surface area contributed by atoms with E-state index in [1.54, 1.807) is 13.0 Å². The molecule has 2 nitrogen and oxygen atoms in total. The molecule has 1 unspecified atom stereocenters. The van der Waals surface area contributed by atoms with Crippen LogP contribution in [0, 0.1) is 12.7 Å². The molecular weight excluding hydrogens is 265 g/mol. The first-order valence-corrected chi connectivity index (χ1v) is 8.32. The lowest BCUT2D eigenvalue weighted by Gasteiger charge is -2.23. The highest BCUT2D eigenvalue weighted by molar-refractivity contribution is 5.40. The molecule has 1 N–H and O–H groups in total. The monoisotopic (exact) mass is 293 g/mol. The minimum absolute atomic E-state index is 0.103. The topological polar surface area (TPSA) is 21.3 Å². The number of hydrogen-bond donors (Lipinski definition) is 1. The molecule has 1 aliphatic carbocycles. The summed E-state index contributed by atoms with van der Waals surface area (Å²) in [5.74, 6) is 0.706. The Labute approximate surface area is 128 Å². The molecule has 0 aliphatic heterocycles. The number of hydrogen-bond acceptors (Lipinski definition) is 2. The molecule has 118 valence electrons. The first-order valence-electron chi connectivity index (χ1n) is 8.32. The van der Waals surface area contributed by atoms with Gasteiger partial charge < -0.3 is 10.1 Å². The molecule has 1 atom stereocenters. The van der Waals surface area contributed by atoms with Gasteiger partial charge in [-0.1, -0.05) is 19.8 Å². The van der Waals surface area contributed by atoms with Gasteiger partial charge in [0, 0.05) is 11.6 Å². The average molecular weight is 293 g/mol. The van der Waals surface area contributed by atoms with Crippen molar-refractivity contribution in [2.75, 3.05) is 6.54 Å². The molecule has 1 saturated carbocycles. The summed E-state index contributed by atoms with van der Waals surface area (Å²) in [6.07, 6.45) is 7.61. The van der Waals surface area contributed by atoms with Crippen molar-refractivity contribution < 1.29 is 9.13 Å². The minimum Gasteiger partial charge on any atom is -0.490 e. The van der Waals surface area contributed by atoms with Crippen LogP contribution in [-0.4, -0.2) is 12.6 Å². The summed E-state index contributed by atoms with van der Waals surface area (Å²) in [6.45, 7) is 6.79. The molecule has 3 heteroatoms. The van der Waals surface area contributed by atoms with Gasteiger partial charge in [0.05, 0.1) is 6.10 Å². The Morgan fingerprint density at radius 2 is 1.90 bits per heavy atom. The van der Waals surface area contributed by atoms with E-state index < -0.39 is 0 Å². The van der Waals surface area contributed by atoms with Gasteiger partial charge in [0.15, 0.2) is 0 Å². The van der Waals surface area contributed by atoms with Crippen LogP contribution in [0.2, 0.25) is 0 Å².